The SMILES string of the molecule is COC(=O)OC1=C(c2c(C)cc(C)cc2C)C(=O)N(N(S(C)(=O)=O)S(C)(=O)=O)C1(C)C. The van der Waals surface area contributed by atoms with Crippen LogP contribution in [0.4, 0.5) is 4.79 Å². The topological polar surface area (TPSA) is 127 Å². The van der Waals surface area contributed by atoms with E-state index in [1.54, 1.807) is 26.0 Å². The third-order valence-corrected chi connectivity index (χ3v) is 7.81. The second-order valence-electron chi connectivity index (χ2n) is 7.91. The molecule has 1 aliphatic heterocycles. The highest BCUT2D eigenvalue weighted by Gasteiger charge is 2.56. The fraction of sp³-hybridized carbons (Fsp3) is 0.474. The molecule has 10 nitrogen and oxygen atoms in total. The van der Waals surface area contributed by atoms with Crippen molar-refractivity contribution in [3.05, 3.63) is 40.1 Å². The predicted octanol–water partition coefficient (Wildman–Crippen LogP) is 1.86. The molecular formula is C19H26N2O8S2. The number of hydrazine groups is 1. The van der Waals surface area contributed by atoms with E-state index in [1.165, 1.54) is 13.8 Å². The van der Waals surface area contributed by atoms with Gasteiger partial charge in [0.15, 0.2) is 5.76 Å². The minimum Gasteiger partial charge on any atom is -0.437 e. The molecule has 0 unspecified atom stereocenters. The van der Waals surface area contributed by atoms with E-state index in [2.05, 4.69) is 4.74 Å². The molecule has 0 spiro atoms. The summed E-state index contributed by atoms with van der Waals surface area (Å²) in [5.41, 5.74) is 0.862. The summed E-state index contributed by atoms with van der Waals surface area (Å²) in [6.07, 6.45) is 0.194. The van der Waals surface area contributed by atoms with Gasteiger partial charge in [0.25, 0.3) is 5.91 Å². The Hall–Kier alpha value is -2.44. The van der Waals surface area contributed by atoms with Gasteiger partial charge in [-0.2, -0.15) is 0 Å². The Morgan fingerprint density at radius 1 is 1.00 bits per heavy atom. The summed E-state index contributed by atoms with van der Waals surface area (Å²) >= 11 is 0. The van der Waals surface area contributed by atoms with E-state index in [-0.39, 0.29) is 15.2 Å². The van der Waals surface area contributed by atoms with E-state index in [9.17, 15) is 26.4 Å². The van der Waals surface area contributed by atoms with E-state index in [4.69, 9.17) is 4.74 Å². The van der Waals surface area contributed by atoms with Crippen molar-refractivity contribution in [2.24, 2.45) is 0 Å². The molecule has 0 N–H and O–H groups in total. The van der Waals surface area contributed by atoms with Crippen LogP contribution >= 0.6 is 0 Å². The highest BCUT2D eigenvalue weighted by molar-refractivity contribution is 8.03. The number of ether oxygens (including phenoxy) is 2. The van der Waals surface area contributed by atoms with E-state index >= 15 is 0 Å². The van der Waals surface area contributed by atoms with Crippen LogP contribution in [0.5, 0.6) is 0 Å². The predicted molar refractivity (Wildman–Crippen MR) is 114 cm³/mol. The zero-order valence-corrected chi connectivity index (χ0v) is 20.3. The Labute approximate surface area is 182 Å². The lowest BCUT2D eigenvalue weighted by atomic mass is 9.91. The zero-order chi connectivity index (χ0) is 24.1. The van der Waals surface area contributed by atoms with Gasteiger partial charge in [0.05, 0.1) is 25.2 Å². The summed E-state index contributed by atoms with van der Waals surface area (Å²) < 4.78 is 59.5. The number of carbonyl (C=O) groups excluding carboxylic acids is 2. The number of methoxy groups -OCH3 is 1. The molecule has 31 heavy (non-hydrogen) atoms. The summed E-state index contributed by atoms with van der Waals surface area (Å²) in [7, 11) is -7.82. The van der Waals surface area contributed by atoms with Gasteiger partial charge in [-0.15, -0.1) is 0 Å². The molecule has 0 atom stereocenters. The maximum Gasteiger partial charge on any atom is 0.513 e. The van der Waals surface area contributed by atoms with E-state index in [0.29, 0.717) is 34.2 Å². The van der Waals surface area contributed by atoms with E-state index in [1.807, 2.05) is 6.92 Å². The fourth-order valence-corrected chi connectivity index (χ4v) is 6.89. The first-order valence-corrected chi connectivity index (χ1v) is 12.8. The Balaban J connectivity index is 2.93. The highest BCUT2D eigenvalue weighted by atomic mass is 32.3. The molecule has 1 aliphatic rings. The molecule has 172 valence electrons. The summed E-state index contributed by atoms with van der Waals surface area (Å²) in [6, 6.07) is 3.61. The number of sulfonamides is 2. The average molecular weight is 475 g/mol. The van der Waals surface area contributed by atoms with Crippen molar-refractivity contribution in [2.45, 2.75) is 40.2 Å². The standard InChI is InChI=1S/C19H26N2O8S2/c1-11-9-12(2)14(13(3)10-11)15-16(29-18(23)28-6)19(4,5)20(17(15)22)21(30(7,24)25)31(8,26)27/h9-10H,1-8H3. The summed E-state index contributed by atoms with van der Waals surface area (Å²) in [6.45, 7) is 8.10. The summed E-state index contributed by atoms with van der Waals surface area (Å²) in [5, 5.41) is 0.573. The first kappa shape index (κ1) is 24.8. The van der Waals surface area contributed by atoms with Crippen LogP contribution in [-0.4, -0.2) is 62.9 Å². The van der Waals surface area contributed by atoms with Crippen molar-refractivity contribution in [3.8, 4) is 0 Å². The summed E-state index contributed by atoms with van der Waals surface area (Å²) in [5.74, 6) is -1.17. The molecule has 2 rings (SSSR count). The molecule has 0 aromatic heterocycles. The maximum atomic E-state index is 13.6. The lowest BCUT2D eigenvalue weighted by Crippen LogP contribution is -2.58. The Bertz CT molecular complexity index is 1140. The molecule has 0 aliphatic carbocycles. The number of nitrogens with zero attached hydrogens (tertiary/aromatic N) is 2. The van der Waals surface area contributed by atoms with Crippen LogP contribution < -0.4 is 0 Å². The molecule has 0 fully saturated rings. The van der Waals surface area contributed by atoms with Gasteiger partial charge in [-0.3, -0.25) is 4.79 Å². The van der Waals surface area contributed by atoms with Crippen LogP contribution in [0.15, 0.2) is 17.9 Å². The molecule has 1 amide bonds. The molecule has 0 radical (unpaired) electrons. The van der Waals surface area contributed by atoms with Gasteiger partial charge in [-0.25, -0.2) is 26.6 Å². The first-order valence-electron chi connectivity index (χ1n) is 9.08. The molecule has 0 saturated heterocycles. The third kappa shape index (κ3) is 4.46. The second-order valence-corrected chi connectivity index (χ2v) is 11.8. The highest BCUT2D eigenvalue weighted by Crippen LogP contribution is 2.44. The van der Waals surface area contributed by atoms with Crippen molar-refractivity contribution < 1.29 is 35.9 Å². The van der Waals surface area contributed by atoms with Gasteiger partial charge in [0.2, 0.25) is 20.0 Å². The number of rotatable bonds is 5. The molecule has 1 aromatic rings. The van der Waals surface area contributed by atoms with Gasteiger partial charge in [0, 0.05) is 3.82 Å². The Morgan fingerprint density at radius 2 is 1.45 bits per heavy atom. The third-order valence-electron chi connectivity index (χ3n) is 4.73. The number of carbonyl (C=O) groups is 2. The van der Waals surface area contributed by atoms with Crippen LogP contribution in [0.2, 0.25) is 0 Å². The number of hydrogen-bond donors (Lipinski definition) is 0. The molecular weight excluding hydrogens is 448 g/mol. The van der Waals surface area contributed by atoms with Gasteiger partial charge in [-0.1, -0.05) is 17.7 Å². The van der Waals surface area contributed by atoms with E-state index < -0.39 is 37.6 Å². The number of amides is 1. The van der Waals surface area contributed by atoms with Crippen LogP contribution in [0.3, 0.4) is 0 Å². The van der Waals surface area contributed by atoms with Crippen molar-refractivity contribution >= 4 is 37.7 Å². The van der Waals surface area contributed by atoms with Crippen LogP contribution in [0, 0.1) is 20.8 Å². The van der Waals surface area contributed by atoms with Gasteiger partial charge < -0.3 is 9.47 Å². The van der Waals surface area contributed by atoms with Crippen molar-refractivity contribution in [1.29, 1.82) is 0 Å². The van der Waals surface area contributed by atoms with Crippen molar-refractivity contribution in [3.63, 3.8) is 0 Å². The lowest BCUT2D eigenvalue weighted by Gasteiger charge is -2.37. The minimum absolute atomic E-state index is 0.0226. The van der Waals surface area contributed by atoms with Crippen LogP contribution in [-0.2, 0) is 34.3 Å². The Kier molecular flexibility index (Phi) is 6.34. The van der Waals surface area contributed by atoms with Crippen LogP contribution in [0.25, 0.3) is 5.57 Å². The molecule has 0 bridgehead atoms. The minimum atomic E-state index is -4.45. The summed E-state index contributed by atoms with van der Waals surface area (Å²) in [4.78, 5) is 25.6. The quantitative estimate of drug-likeness (QED) is 0.592. The molecule has 1 aromatic carbocycles. The molecule has 0 saturated carbocycles. The smallest absolute Gasteiger partial charge is 0.437 e. The van der Waals surface area contributed by atoms with Gasteiger partial charge >= 0.3 is 6.16 Å². The number of benzene rings is 1. The number of hydrogen-bond acceptors (Lipinski definition) is 8. The number of aryl methyl sites for hydroxylation is 3. The second kappa shape index (κ2) is 7.92. The van der Waals surface area contributed by atoms with Gasteiger partial charge in [-0.05, 0) is 51.3 Å². The Morgan fingerprint density at radius 3 is 1.84 bits per heavy atom. The van der Waals surface area contributed by atoms with Crippen molar-refractivity contribution in [2.75, 3.05) is 19.6 Å². The van der Waals surface area contributed by atoms with Crippen LogP contribution in [0.1, 0.15) is 36.1 Å². The molecule has 1 heterocycles. The average Bonchev–Trinajstić information content (AvgIpc) is 2.73. The van der Waals surface area contributed by atoms with E-state index in [0.717, 1.165) is 12.7 Å². The van der Waals surface area contributed by atoms with Gasteiger partial charge in [0.1, 0.15) is 5.54 Å². The van der Waals surface area contributed by atoms with Crippen molar-refractivity contribution in [1.82, 2.24) is 8.83 Å². The monoisotopic (exact) mass is 474 g/mol. The zero-order valence-electron chi connectivity index (χ0n) is 18.6. The first-order chi connectivity index (χ1) is 13.9. The normalized spacial score (nSPS) is 16.8. The lowest BCUT2D eigenvalue weighted by molar-refractivity contribution is -0.135. The maximum absolute atomic E-state index is 13.6. The molecule has 12 heteroatoms. The largest absolute Gasteiger partial charge is 0.513 e. The fourth-order valence-electron chi connectivity index (χ4n) is 3.78.